The molecule has 0 saturated heterocycles. The molecule has 0 radical (unpaired) electrons. The van der Waals surface area contributed by atoms with E-state index in [1.807, 2.05) is 18.2 Å². The minimum absolute atomic E-state index is 0.0775. The molecule has 0 amide bonds. The van der Waals surface area contributed by atoms with Crippen molar-refractivity contribution in [3.05, 3.63) is 74.4 Å². The quantitative estimate of drug-likeness (QED) is 0.502. The predicted octanol–water partition coefficient (Wildman–Crippen LogP) is 4.23. The Hall–Kier alpha value is -3.17. The van der Waals surface area contributed by atoms with Crippen LogP contribution in [0.15, 0.2) is 42.6 Å². The molecular weight excluding hydrogens is 352 g/mol. The van der Waals surface area contributed by atoms with E-state index in [9.17, 15) is 15.4 Å². The van der Waals surface area contributed by atoms with Crippen LogP contribution in [0, 0.1) is 21.4 Å². The number of nitrogens with zero attached hydrogens (tertiary/aromatic N) is 4. The van der Waals surface area contributed by atoms with Crippen LogP contribution in [0.1, 0.15) is 16.7 Å². The molecular formula is C19H13ClN4O2. The molecule has 1 aromatic heterocycles. The van der Waals surface area contributed by atoms with E-state index in [2.05, 4.69) is 16.0 Å². The zero-order valence-electron chi connectivity index (χ0n) is 13.6. The van der Waals surface area contributed by atoms with Crippen molar-refractivity contribution in [2.45, 2.75) is 13.0 Å². The monoisotopic (exact) mass is 364 g/mol. The third kappa shape index (κ3) is 2.72. The van der Waals surface area contributed by atoms with Crippen LogP contribution in [0.5, 0.6) is 0 Å². The number of hydrogen-bond acceptors (Lipinski definition) is 5. The lowest BCUT2D eigenvalue weighted by Crippen LogP contribution is -2.31. The fourth-order valence-corrected chi connectivity index (χ4v) is 3.59. The Bertz CT molecular complexity index is 1090. The number of halogens is 1. The smallest absolute Gasteiger partial charge is 0.269 e. The van der Waals surface area contributed by atoms with Gasteiger partial charge in [-0.2, -0.15) is 5.26 Å². The van der Waals surface area contributed by atoms with Crippen LogP contribution in [0.25, 0.3) is 10.9 Å². The summed E-state index contributed by atoms with van der Waals surface area (Å²) < 4.78 is 0. The zero-order chi connectivity index (χ0) is 18.3. The van der Waals surface area contributed by atoms with Crippen molar-refractivity contribution in [3.8, 4) is 6.07 Å². The van der Waals surface area contributed by atoms with Crippen LogP contribution >= 0.6 is 11.6 Å². The van der Waals surface area contributed by atoms with E-state index in [0.717, 1.165) is 34.1 Å². The first-order valence-electron chi connectivity index (χ1n) is 8.06. The summed E-state index contributed by atoms with van der Waals surface area (Å²) in [6.45, 7) is 1.21. The highest BCUT2D eigenvalue weighted by atomic mass is 35.5. The van der Waals surface area contributed by atoms with E-state index in [0.29, 0.717) is 23.7 Å². The molecule has 2 heterocycles. The highest BCUT2D eigenvalue weighted by Crippen LogP contribution is 2.35. The minimum atomic E-state index is -0.387. The highest BCUT2D eigenvalue weighted by molar-refractivity contribution is 6.31. The minimum Gasteiger partial charge on any atom is -0.365 e. The summed E-state index contributed by atoms with van der Waals surface area (Å²) in [6.07, 6.45) is 2.32. The van der Waals surface area contributed by atoms with Crippen molar-refractivity contribution < 1.29 is 4.92 Å². The molecule has 0 bridgehead atoms. The average Bonchev–Trinajstić information content (AvgIpc) is 2.66. The van der Waals surface area contributed by atoms with Gasteiger partial charge in [-0.3, -0.25) is 15.1 Å². The molecule has 0 N–H and O–H groups in total. The van der Waals surface area contributed by atoms with E-state index in [1.54, 1.807) is 18.3 Å². The standard InChI is InChI=1S/C19H13ClN4O2/c20-15-2-4-18-17(8-15)19(14(9-21)10-22-18)23-6-5-12-1-3-16(24(25)26)7-13(12)11-23/h1-4,7-8,10H,5-6,11H2. The molecule has 2 aromatic carbocycles. The van der Waals surface area contributed by atoms with Gasteiger partial charge >= 0.3 is 0 Å². The van der Waals surface area contributed by atoms with E-state index in [4.69, 9.17) is 11.6 Å². The van der Waals surface area contributed by atoms with Gasteiger partial charge in [0.05, 0.1) is 21.7 Å². The van der Waals surface area contributed by atoms with Gasteiger partial charge in [-0.1, -0.05) is 17.7 Å². The van der Waals surface area contributed by atoms with Gasteiger partial charge in [-0.15, -0.1) is 0 Å². The molecule has 128 valence electrons. The first-order chi connectivity index (χ1) is 12.6. The Morgan fingerprint density at radius 3 is 2.85 bits per heavy atom. The summed E-state index contributed by atoms with van der Waals surface area (Å²) in [5.74, 6) is 0. The molecule has 0 saturated carbocycles. The number of benzene rings is 2. The SMILES string of the molecule is N#Cc1cnc2ccc(Cl)cc2c1N1CCc2ccc([N+](=O)[O-])cc2C1. The molecule has 0 spiro atoms. The summed E-state index contributed by atoms with van der Waals surface area (Å²) >= 11 is 6.16. The summed E-state index contributed by atoms with van der Waals surface area (Å²) in [6, 6.07) is 12.6. The van der Waals surface area contributed by atoms with Gasteiger partial charge in [0.15, 0.2) is 0 Å². The molecule has 4 rings (SSSR count). The number of nitro groups is 1. The molecule has 1 aliphatic rings. The molecule has 0 unspecified atom stereocenters. The number of anilines is 1. The van der Waals surface area contributed by atoms with E-state index < -0.39 is 0 Å². The van der Waals surface area contributed by atoms with Crippen LogP contribution in [0.2, 0.25) is 5.02 Å². The zero-order valence-corrected chi connectivity index (χ0v) is 14.4. The average molecular weight is 365 g/mol. The summed E-state index contributed by atoms with van der Waals surface area (Å²) in [4.78, 5) is 17.1. The maximum absolute atomic E-state index is 11.1. The fraction of sp³-hybridized carbons (Fsp3) is 0.158. The number of hydrogen-bond donors (Lipinski definition) is 0. The Kier molecular flexibility index (Phi) is 3.94. The van der Waals surface area contributed by atoms with Crippen molar-refractivity contribution in [1.29, 1.82) is 5.26 Å². The molecule has 0 fully saturated rings. The number of rotatable bonds is 2. The number of aromatic nitrogens is 1. The van der Waals surface area contributed by atoms with Crippen LogP contribution in [-0.4, -0.2) is 16.5 Å². The lowest BCUT2D eigenvalue weighted by Gasteiger charge is -2.32. The van der Waals surface area contributed by atoms with Gasteiger partial charge in [-0.25, -0.2) is 0 Å². The Labute approximate surface area is 154 Å². The largest absolute Gasteiger partial charge is 0.365 e. The van der Waals surface area contributed by atoms with Gasteiger partial charge in [0.25, 0.3) is 5.69 Å². The van der Waals surface area contributed by atoms with Crippen LogP contribution in [-0.2, 0) is 13.0 Å². The van der Waals surface area contributed by atoms with E-state index in [1.165, 1.54) is 6.07 Å². The number of pyridine rings is 1. The van der Waals surface area contributed by atoms with E-state index >= 15 is 0 Å². The molecule has 0 aliphatic carbocycles. The van der Waals surface area contributed by atoms with Crippen LogP contribution < -0.4 is 4.90 Å². The van der Waals surface area contributed by atoms with Crippen LogP contribution in [0.4, 0.5) is 11.4 Å². The second-order valence-electron chi connectivity index (χ2n) is 6.18. The molecule has 26 heavy (non-hydrogen) atoms. The Morgan fingerprint density at radius 2 is 2.08 bits per heavy atom. The second-order valence-corrected chi connectivity index (χ2v) is 6.61. The van der Waals surface area contributed by atoms with Crippen molar-refractivity contribution in [2.24, 2.45) is 0 Å². The van der Waals surface area contributed by atoms with E-state index in [-0.39, 0.29) is 10.6 Å². The van der Waals surface area contributed by atoms with Crippen molar-refractivity contribution in [1.82, 2.24) is 4.98 Å². The van der Waals surface area contributed by atoms with Crippen molar-refractivity contribution >= 4 is 33.9 Å². The lowest BCUT2D eigenvalue weighted by atomic mass is 9.97. The van der Waals surface area contributed by atoms with Gasteiger partial charge in [0.1, 0.15) is 6.07 Å². The molecule has 7 heteroatoms. The first-order valence-corrected chi connectivity index (χ1v) is 8.44. The normalized spacial score (nSPS) is 13.3. The molecule has 1 aliphatic heterocycles. The third-order valence-corrected chi connectivity index (χ3v) is 4.89. The maximum atomic E-state index is 11.1. The van der Waals surface area contributed by atoms with Gasteiger partial charge in [-0.05, 0) is 35.7 Å². The molecule has 0 atom stereocenters. The number of nitro benzene ring substituents is 1. The molecule has 3 aromatic rings. The number of non-ortho nitro benzene ring substituents is 1. The topological polar surface area (TPSA) is 83.1 Å². The Balaban J connectivity index is 1.84. The predicted molar refractivity (Wildman–Crippen MR) is 99.3 cm³/mol. The lowest BCUT2D eigenvalue weighted by molar-refractivity contribution is -0.384. The van der Waals surface area contributed by atoms with Gasteiger partial charge in [0, 0.05) is 41.8 Å². The van der Waals surface area contributed by atoms with Gasteiger partial charge in [0.2, 0.25) is 0 Å². The number of nitriles is 1. The summed E-state index contributed by atoms with van der Waals surface area (Å²) in [5.41, 5.74) is 4.08. The van der Waals surface area contributed by atoms with Crippen molar-refractivity contribution in [3.63, 3.8) is 0 Å². The third-order valence-electron chi connectivity index (χ3n) is 4.65. The maximum Gasteiger partial charge on any atom is 0.269 e. The Morgan fingerprint density at radius 1 is 1.23 bits per heavy atom. The fourth-order valence-electron chi connectivity index (χ4n) is 3.42. The van der Waals surface area contributed by atoms with Gasteiger partial charge < -0.3 is 4.90 Å². The van der Waals surface area contributed by atoms with Crippen LogP contribution in [0.3, 0.4) is 0 Å². The first kappa shape index (κ1) is 16.3. The molecule has 6 nitrogen and oxygen atoms in total. The summed E-state index contributed by atoms with van der Waals surface area (Å²) in [5, 5.41) is 22.0. The highest BCUT2D eigenvalue weighted by Gasteiger charge is 2.23. The van der Waals surface area contributed by atoms with Crippen molar-refractivity contribution in [2.75, 3.05) is 11.4 Å². The summed E-state index contributed by atoms with van der Waals surface area (Å²) in [7, 11) is 0. The number of fused-ring (bicyclic) bond motifs is 2. The second kappa shape index (κ2) is 6.28.